The second-order valence-electron chi connectivity index (χ2n) is 4.99. The molecule has 0 bridgehead atoms. The van der Waals surface area contributed by atoms with Crippen molar-refractivity contribution in [3.8, 4) is 0 Å². The maximum absolute atomic E-state index is 12.1. The number of carbonyl (C=O) groups excluding carboxylic acids is 1. The van der Waals surface area contributed by atoms with Gasteiger partial charge in [-0.15, -0.1) is 0 Å². The van der Waals surface area contributed by atoms with Crippen LogP contribution in [0, 0.1) is 5.41 Å². The van der Waals surface area contributed by atoms with Gasteiger partial charge in [-0.25, -0.2) is 0 Å². The predicted octanol–water partition coefficient (Wildman–Crippen LogP) is 1.94. The highest BCUT2D eigenvalue weighted by Crippen LogP contribution is 2.44. The summed E-state index contributed by atoms with van der Waals surface area (Å²) in [6.45, 7) is 0.668. The van der Waals surface area contributed by atoms with Gasteiger partial charge in [0.1, 0.15) is 11.8 Å². The van der Waals surface area contributed by atoms with Crippen LogP contribution in [0.25, 0.3) is 11.0 Å². The third-order valence-electron chi connectivity index (χ3n) is 3.64. The maximum Gasteiger partial charge on any atom is 0.255 e. The fraction of sp³-hybridized carbons (Fsp3) is 0.357. The van der Waals surface area contributed by atoms with Crippen LogP contribution in [0.5, 0.6) is 0 Å². The Morgan fingerprint density at radius 2 is 2.17 bits per heavy atom. The molecule has 1 amide bonds. The minimum Gasteiger partial charge on any atom is -0.463 e. The van der Waals surface area contributed by atoms with Crippen LogP contribution in [0.1, 0.15) is 23.2 Å². The van der Waals surface area contributed by atoms with E-state index in [0.29, 0.717) is 17.7 Å². The van der Waals surface area contributed by atoms with Crippen LogP contribution in [-0.4, -0.2) is 24.2 Å². The Bertz CT molecular complexity index is 583. The van der Waals surface area contributed by atoms with E-state index >= 15 is 0 Å². The van der Waals surface area contributed by atoms with Crippen molar-refractivity contribution in [3.63, 3.8) is 0 Å². The number of furan rings is 1. The molecule has 1 aliphatic carbocycles. The Morgan fingerprint density at radius 3 is 2.89 bits per heavy atom. The summed E-state index contributed by atoms with van der Waals surface area (Å²) in [6.07, 6.45) is 3.45. The summed E-state index contributed by atoms with van der Waals surface area (Å²) < 4.78 is 5.33. The SMILES string of the molecule is O=C(NCC1(CO)CC1)c1coc2ccccc12. The summed E-state index contributed by atoms with van der Waals surface area (Å²) in [7, 11) is 0. The van der Waals surface area contributed by atoms with Crippen molar-refractivity contribution < 1.29 is 14.3 Å². The molecule has 3 rings (SSSR count). The Morgan fingerprint density at radius 1 is 1.39 bits per heavy atom. The molecule has 0 atom stereocenters. The Hall–Kier alpha value is -1.81. The third kappa shape index (κ3) is 1.88. The number of hydrogen-bond acceptors (Lipinski definition) is 3. The number of para-hydroxylation sites is 1. The molecule has 0 radical (unpaired) electrons. The topological polar surface area (TPSA) is 62.5 Å². The molecule has 94 valence electrons. The van der Waals surface area contributed by atoms with Crippen LogP contribution in [0.3, 0.4) is 0 Å². The second kappa shape index (κ2) is 4.14. The molecule has 1 aromatic carbocycles. The molecule has 2 N–H and O–H groups in total. The number of benzene rings is 1. The van der Waals surface area contributed by atoms with Gasteiger partial charge in [0, 0.05) is 17.3 Å². The summed E-state index contributed by atoms with van der Waals surface area (Å²) in [6, 6.07) is 7.46. The zero-order chi connectivity index (χ0) is 12.6. The lowest BCUT2D eigenvalue weighted by atomic mass is 10.1. The molecule has 2 aromatic rings. The Balaban J connectivity index is 1.76. The van der Waals surface area contributed by atoms with Crippen LogP contribution in [0.4, 0.5) is 0 Å². The summed E-state index contributed by atoms with van der Waals surface area (Å²) in [5.74, 6) is -0.139. The van der Waals surface area contributed by atoms with E-state index in [0.717, 1.165) is 18.2 Å². The molecule has 1 saturated carbocycles. The molecule has 1 aromatic heterocycles. The van der Waals surface area contributed by atoms with Crippen molar-refractivity contribution in [2.24, 2.45) is 5.41 Å². The Kier molecular flexibility index (Phi) is 2.59. The molecule has 4 nitrogen and oxygen atoms in total. The predicted molar refractivity (Wildman–Crippen MR) is 67.3 cm³/mol. The van der Waals surface area contributed by atoms with Gasteiger partial charge in [-0.05, 0) is 18.9 Å². The first-order valence-corrected chi connectivity index (χ1v) is 6.09. The number of aliphatic hydroxyl groups is 1. The van der Waals surface area contributed by atoms with Gasteiger partial charge in [0.2, 0.25) is 0 Å². The average Bonchev–Trinajstić information content (AvgIpc) is 3.07. The lowest BCUT2D eigenvalue weighted by molar-refractivity contribution is 0.0936. The van der Waals surface area contributed by atoms with E-state index in [9.17, 15) is 9.90 Å². The molecule has 1 heterocycles. The third-order valence-corrected chi connectivity index (χ3v) is 3.64. The van der Waals surface area contributed by atoms with Gasteiger partial charge in [0.05, 0.1) is 12.2 Å². The summed E-state index contributed by atoms with van der Waals surface area (Å²) in [5.41, 5.74) is 1.19. The standard InChI is InChI=1S/C14H15NO3/c16-9-14(5-6-14)8-15-13(17)11-7-18-12-4-2-1-3-10(11)12/h1-4,7,16H,5-6,8-9H2,(H,15,17). The number of carbonyl (C=O) groups is 1. The van der Waals surface area contributed by atoms with Crippen LogP contribution in [0.15, 0.2) is 34.9 Å². The Labute approximate surface area is 105 Å². The van der Waals surface area contributed by atoms with Crippen molar-refractivity contribution >= 4 is 16.9 Å². The quantitative estimate of drug-likeness (QED) is 0.865. The van der Waals surface area contributed by atoms with Crippen LogP contribution in [0.2, 0.25) is 0 Å². The highest BCUT2D eigenvalue weighted by Gasteiger charge is 2.42. The number of fused-ring (bicyclic) bond motifs is 1. The van der Waals surface area contributed by atoms with Crippen molar-refractivity contribution in [1.29, 1.82) is 0 Å². The van der Waals surface area contributed by atoms with Gasteiger partial charge >= 0.3 is 0 Å². The van der Waals surface area contributed by atoms with E-state index in [2.05, 4.69) is 5.32 Å². The minimum atomic E-state index is -0.139. The van der Waals surface area contributed by atoms with Crippen molar-refractivity contribution in [3.05, 3.63) is 36.1 Å². The monoisotopic (exact) mass is 245 g/mol. The number of rotatable bonds is 4. The van der Waals surface area contributed by atoms with E-state index < -0.39 is 0 Å². The van der Waals surface area contributed by atoms with Gasteiger partial charge in [-0.2, -0.15) is 0 Å². The van der Waals surface area contributed by atoms with Gasteiger partial charge in [0.25, 0.3) is 5.91 Å². The van der Waals surface area contributed by atoms with Crippen molar-refractivity contribution in [1.82, 2.24) is 5.32 Å². The van der Waals surface area contributed by atoms with Gasteiger partial charge in [-0.1, -0.05) is 18.2 Å². The average molecular weight is 245 g/mol. The van der Waals surface area contributed by atoms with E-state index in [1.165, 1.54) is 6.26 Å². The first kappa shape index (κ1) is 11.3. The van der Waals surface area contributed by atoms with Gasteiger partial charge in [-0.3, -0.25) is 4.79 Å². The number of hydrogen-bond donors (Lipinski definition) is 2. The van der Waals surface area contributed by atoms with E-state index in [1.54, 1.807) is 0 Å². The van der Waals surface area contributed by atoms with Gasteiger partial charge < -0.3 is 14.8 Å². The zero-order valence-electron chi connectivity index (χ0n) is 9.98. The lowest BCUT2D eigenvalue weighted by Gasteiger charge is -2.11. The van der Waals surface area contributed by atoms with Gasteiger partial charge in [0.15, 0.2) is 0 Å². The molecule has 4 heteroatoms. The summed E-state index contributed by atoms with van der Waals surface area (Å²) in [5, 5.41) is 12.9. The normalized spacial score (nSPS) is 16.7. The molecule has 0 saturated heterocycles. The van der Waals surface area contributed by atoms with E-state index in [1.807, 2.05) is 24.3 Å². The first-order chi connectivity index (χ1) is 8.74. The smallest absolute Gasteiger partial charge is 0.255 e. The summed E-state index contributed by atoms with van der Waals surface area (Å²) >= 11 is 0. The molecular weight excluding hydrogens is 230 g/mol. The van der Waals surface area contributed by atoms with Crippen LogP contribution in [-0.2, 0) is 0 Å². The largest absolute Gasteiger partial charge is 0.463 e. The maximum atomic E-state index is 12.1. The highest BCUT2D eigenvalue weighted by atomic mass is 16.3. The molecule has 0 spiro atoms. The van der Waals surface area contributed by atoms with Crippen molar-refractivity contribution in [2.45, 2.75) is 12.8 Å². The zero-order valence-corrected chi connectivity index (χ0v) is 9.98. The second-order valence-corrected chi connectivity index (χ2v) is 4.99. The van der Waals surface area contributed by atoms with E-state index in [-0.39, 0.29) is 17.9 Å². The molecule has 0 aliphatic heterocycles. The number of amides is 1. The van der Waals surface area contributed by atoms with E-state index in [4.69, 9.17) is 4.42 Å². The van der Waals surface area contributed by atoms with Crippen molar-refractivity contribution in [2.75, 3.05) is 13.2 Å². The number of nitrogens with one attached hydrogen (secondary N) is 1. The molecule has 18 heavy (non-hydrogen) atoms. The molecular formula is C14H15NO3. The molecule has 0 unspecified atom stereocenters. The van der Waals surface area contributed by atoms with Crippen LogP contribution >= 0.6 is 0 Å². The summed E-state index contributed by atoms with van der Waals surface area (Å²) in [4.78, 5) is 12.1. The lowest BCUT2D eigenvalue weighted by Crippen LogP contribution is -2.31. The molecule has 1 aliphatic rings. The fourth-order valence-electron chi connectivity index (χ4n) is 2.08. The molecule has 1 fully saturated rings. The fourth-order valence-corrected chi connectivity index (χ4v) is 2.08. The highest BCUT2D eigenvalue weighted by molar-refractivity contribution is 6.05. The number of aliphatic hydroxyl groups excluding tert-OH is 1. The van der Waals surface area contributed by atoms with Crippen LogP contribution < -0.4 is 5.32 Å². The minimum absolute atomic E-state index is 0.0742. The first-order valence-electron chi connectivity index (χ1n) is 6.09.